The Kier molecular flexibility index (Phi) is 5.65. The Morgan fingerprint density at radius 1 is 1.23 bits per heavy atom. The number of amides is 1. The van der Waals surface area contributed by atoms with Crippen molar-refractivity contribution in [2.75, 3.05) is 19.7 Å². The van der Waals surface area contributed by atoms with Crippen LogP contribution >= 0.6 is 0 Å². The summed E-state index contributed by atoms with van der Waals surface area (Å²) in [7, 11) is 0. The van der Waals surface area contributed by atoms with Gasteiger partial charge in [0.1, 0.15) is 5.75 Å². The highest BCUT2D eigenvalue weighted by Crippen LogP contribution is 2.27. The number of ether oxygens (including phenoxy) is 1. The molecule has 0 heterocycles. The van der Waals surface area contributed by atoms with Gasteiger partial charge in [0, 0.05) is 6.54 Å². The van der Waals surface area contributed by atoms with Gasteiger partial charge in [0.2, 0.25) is 5.91 Å². The summed E-state index contributed by atoms with van der Waals surface area (Å²) in [6.07, 6.45) is -1.88. The summed E-state index contributed by atoms with van der Waals surface area (Å²) in [6.45, 7) is 0.182. The summed E-state index contributed by atoms with van der Waals surface area (Å²) in [5.41, 5.74) is 0.801. The minimum atomic E-state index is -4.35. The fourth-order valence-corrected chi connectivity index (χ4v) is 1.84. The van der Waals surface area contributed by atoms with Crippen LogP contribution in [0.5, 0.6) is 5.75 Å². The smallest absolute Gasteiger partial charge is 0.422 e. The van der Waals surface area contributed by atoms with Gasteiger partial charge >= 0.3 is 6.18 Å². The van der Waals surface area contributed by atoms with Gasteiger partial charge in [0.05, 0.1) is 6.54 Å². The first-order chi connectivity index (χ1) is 10.4. The van der Waals surface area contributed by atoms with E-state index in [0.717, 1.165) is 18.0 Å². The molecule has 0 bridgehead atoms. The molecular weight excluding hydrogens is 297 g/mol. The van der Waals surface area contributed by atoms with E-state index in [1.807, 2.05) is 0 Å². The monoisotopic (exact) mass is 316 g/mol. The molecule has 0 aliphatic heterocycles. The lowest BCUT2D eigenvalue weighted by Gasteiger charge is -2.10. The van der Waals surface area contributed by atoms with Crippen molar-refractivity contribution in [2.24, 2.45) is 5.92 Å². The van der Waals surface area contributed by atoms with Gasteiger partial charge in [0.25, 0.3) is 0 Å². The first-order valence-electron chi connectivity index (χ1n) is 7.18. The molecule has 22 heavy (non-hydrogen) atoms. The zero-order valence-electron chi connectivity index (χ0n) is 12.1. The average molecular weight is 316 g/mol. The van der Waals surface area contributed by atoms with Crippen molar-refractivity contribution in [1.29, 1.82) is 0 Å². The highest BCUT2D eigenvalue weighted by molar-refractivity contribution is 5.77. The van der Waals surface area contributed by atoms with E-state index in [2.05, 4.69) is 15.4 Å². The maximum absolute atomic E-state index is 12.0. The Balaban J connectivity index is 1.65. The molecule has 0 saturated heterocycles. The summed E-state index contributed by atoms with van der Waals surface area (Å²) < 4.78 is 40.6. The number of halogens is 3. The van der Waals surface area contributed by atoms with E-state index in [1.54, 1.807) is 12.1 Å². The highest BCUT2D eigenvalue weighted by atomic mass is 19.4. The molecule has 0 aromatic heterocycles. The van der Waals surface area contributed by atoms with Crippen molar-refractivity contribution in [3.05, 3.63) is 29.8 Å². The van der Waals surface area contributed by atoms with Gasteiger partial charge in [-0.3, -0.25) is 4.79 Å². The van der Waals surface area contributed by atoms with E-state index >= 15 is 0 Å². The fourth-order valence-electron chi connectivity index (χ4n) is 1.84. The van der Waals surface area contributed by atoms with Crippen LogP contribution in [0.2, 0.25) is 0 Å². The molecule has 4 nitrogen and oxygen atoms in total. The van der Waals surface area contributed by atoms with Gasteiger partial charge in [-0.05, 0) is 43.0 Å². The molecule has 1 aromatic rings. The quantitative estimate of drug-likeness (QED) is 0.773. The van der Waals surface area contributed by atoms with Crippen LogP contribution < -0.4 is 15.4 Å². The zero-order valence-corrected chi connectivity index (χ0v) is 12.1. The molecule has 1 amide bonds. The minimum absolute atomic E-state index is 0.0990. The predicted molar refractivity (Wildman–Crippen MR) is 75.4 cm³/mol. The number of hydrogen-bond donors (Lipinski definition) is 2. The van der Waals surface area contributed by atoms with Crippen molar-refractivity contribution < 1.29 is 22.7 Å². The number of nitrogens with one attached hydrogen (secondary N) is 2. The number of benzene rings is 1. The summed E-state index contributed by atoms with van der Waals surface area (Å²) in [5.74, 6) is 0.772. The van der Waals surface area contributed by atoms with Crippen LogP contribution in [0.4, 0.5) is 13.2 Å². The van der Waals surface area contributed by atoms with E-state index in [4.69, 9.17) is 0 Å². The number of rotatable bonds is 8. The average Bonchev–Trinajstić information content (AvgIpc) is 3.27. The number of carbonyl (C=O) groups excluding carboxylic acids is 1. The van der Waals surface area contributed by atoms with E-state index in [-0.39, 0.29) is 18.2 Å². The third kappa shape index (κ3) is 6.80. The third-order valence-corrected chi connectivity index (χ3v) is 3.23. The van der Waals surface area contributed by atoms with Gasteiger partial charge in [-0.15, -0.1) is 0 Å². The third-order valence-electron chi connectivity index (χ3n) is 3.23. The van der Waals surface area contributed by atoms with Gasteiger partial charge < -0.3 is 15.4 Å². The lowest BCUT2D eigenvalue weighted by atomic mass is 10.2. The normalized spacial score (nSPS) is 14.7. The molecule has 7 heteroatoms. The summed E-state index contributed by atoms with van der Waals surface area (Å²) in [5, 5.41) is 5.83. The minimum Gasteiger partial charge on any atom is -0.484 e. The molecule has 0 unspecified atom stereocenters. The standard InChI is InChI=1S/C15H19F3N2O2/c16-15(17,18)10-22-13-5-3-12(4-6-13)8-20-14(21)9-19-7-11-1-2-11/h3-6,11,19H,1-2,7-10H2,(H,20,21). The molecule has 0 radical (unpaired) electrons. The SMILES string of the molecule is O=C(CNCC1CC1)NCc1ccc(OCC(F)(F)F)cc1. The maximum Gasteiger partial charge on any atom is 0.422 e. The second-order valence-electron chi connectivity index (χ2n) is 5.40. The Morgan fingerprint density at radius 3 is 2.50 bits per heavy atom. The molecule has 1 aromatic carbocycles. The van der Waals surface area contributed by atoms with Crippen LogP contribution in [0.15, 0.2) is 24.3 Å². The van der Waals surface area contributed by atoms with E-state index in [1.165, 1.54) is 25.0 Å². The Hall–Kier alpha value is -1.76. The fraction of sp³-hybridized carbons (Fsp3) is 0.533. The first kappa shape index (κ1) is 16.6. The topological polar surface area (TPSA) is 50.4 Å². The number of carbonyl (C=O) groups is 1. The molecule has 1 fully saturated rings. The van der Waals surface area contributed by atoms with Crippen molar-refractivity contribution >= 4 is 5.91 Å². The second kappa shape index (κ2) is 7.49. The van der Waals surface area contributed by atoms with Crippen molar-refractivity contribution in [3.8, 4) is 5.75 Å². The number of alkyl halides is 3. The molecule has 1 saturated carbocycles. The zero-order chi connectivity index (χ0) is 16.0. The summed E-state index contributed by atoms with van der Waals surface area (Å²) in [4.78, 5) is 11.6. The lowest BCUT2D eigenvalue weighted by molar-refractivity contribution is -0.153. The number of hydrogen-bond acceptors (Lipinski definition) is 3. The van der Waals surface area contributed by atoms with Gasteiger partial charge in [-0.2, -0.15) is 13.2 Å². The van der Waals surface area contributed by atoms with E-state index in [9.17, 15) is 18.0 Å². The molecule has 2 rings (SSSR count). The Labute approximate surface area is 127 Å². The van der Waals surface area contributed by atoms with Crippen molar-refractivity contribution in [1.82, 2.24) is 10.6 Å². The molecule has 122 valence electrons. The van der Waals surface area contributed by atoms with Crippen LogP contribution in [0.1, 0.15) is 18.4 Å². The van der Waals surface area contributed by atoms with Gasteiger partial charge in [-0.25, -0.2) is 0 Å². The van der Waals surface area contributed by atoms with Gasteiger partial charge in [-0.1, -0.05) is 12.1 Å². The predicted octanol–water partition coefficient (Wildman–Crippen LogP) is 2.24. The van der Waals surface area contributed by atoms with Crippen LogP contribution in [-0.4, -0.2) is 31.8 Å². The van der Waals surface area contributed by atoms with Gasteiger partial charge in [0.15, 0.2) is 6.61 Å². The van der Waals surface area contributed by atoms with Crippen molar-refractivity contribution in [2.45, 2.75) is 25.6 Å². The Bertz CT molecular complexity index is 485. The lowest BCUT2D eigenvalue weighted by Crippen LogP contribution is -2.34. The maximum atomic E-state index is 12.0. The van der Waals surface area contributed by atoms with Crippen LogP contribution in [0.25, 0.3) is 0 Å². The van der Waals surface area contributed by atoms with E-state index in [0.29, 0.717) is 6.54 Å². The molecule has 1 aliphatic carbocycles. The molecule has 0 atom stereocenters. The first-order valence-corrected chi connectivity index (χ1v) is 7.18. The highest BCUT2D eigenvalue weighted by Gasteiger charge is 2.28. The summed E-state index contributed by atoms with van der Waals surface area (Å²) >= 11 is 0. The molecule has 1 aliphatic rings. The largest absolute Gasteiger partial charge is 0.484 e. The van der Waals surface area contributed by atoms with Crippen molar-refractivity contribution in [3.63, 3.8) is 0 Å². The second-order valence-corrected chi connectivity index (χ2v) is 5.40. The molecular formula is C15H19F3N2O2. The Morgan fingerprint density at radius 2 is 1.91 bits per heavy atom. The summed E-state index contributed by atoms with van der Waals surface area (Å²) in [6, 6.07) is 6.17. The van der Waals surface area contributed by atoms with Crippen LogP contribution in [0, 0.1) is 5.92 Å². The van der Waals surface area contributed by atoms with E-state index < -0.39 is 12.8 Å². The van der Waals surface area contributed by atoms with Crippen LogP contribution in [-0.2, 0) is 11.3 Å². The van der Waals surface area contributed by atoms with Crippen LogP contribution in [0.3, 0.4) is 0 Å². The molecule has 0 spiro atoms. The molecule has 2 N–H and O–H groups in total.